The first kappa shape index (κ1) is 33.7. The second kappa shape index (κ2) is 15.9. The van der Waals surface area contributed by atoms with Crippen molar-refractivity contribution in [3.63, 3.8) is 0 Å². The van der Waals surface area contributed by atoms with E-state index in [1.165, 1.54) is 64.2 Å². The van der Waals surface area contributed by atoms with Crippen LogP contribution in [0.15, 0.2) is 12.2 Å². The lowest BCUT2D eigenvalue weighted by molar-refractivity contribution is 0.0216. The number of allylic oxidation sites excluding steroid dienone is 1. The van der Waals surface area contributed by atoms with Crippen LogP contribution in [0, 0.1) is 0 Å². The minimum atomic E-state index is -2.17. The molecule has 0 bridgehead atoms. The summed E-state index contributed by atoms with van der Waals surface area (Å²) in [5.74, 6) is 0. The Kier molecular flexibility index (Phi) is 14.5. The van der Waals surface area contributed by atoms with Gasteiger partial charge >= 0.3 is 12.2 Å². The van der Waals surface area contributed by atoms with E-state index in [2.05, 4.69) is 46.9 Å². The fourth-order valence-electron chi connectivity index (χ4n) is 4.12. The number of nitrogens with zero attached hydrogens (tertiary/aromatic N) is 1. The Morgan fingerprint density at radius 2 is 1.49 bits per heavy atom. The number of amides is 2. The Morgan fingerprint density at radius 1 is 0.973 bits per heavy atom. The van der Waals surface area contributed by atoms with Crippen molar-refractivity contribution < 1.29 is 23.5 Å². The van der Waals surface area contributed by atoms with Crippen molar-refractivity contribution >= 4 is 20.5 Å². The van der Waals surface area contributed by atoms with E-state index in [9.17, 15) is 9.59 Å². The quantitative estimate of drug-likeness (QED) is 0.111. The summed E-state index contributed by atoms with van der Waals surface area (Å²) in [6.45, 7) is 18.7. The molecule has 1 fully saturated rings. The Balaban J connectivity index is 2.68. The predicted octanol–water partition coefficient (Wildman–Crippen LogP) is 9.39. The molecule has 0 unspecified atom stereocenters. The van der Waals surface area contributed by atoms with Gasteiger partial charge in [-0.15, -0.1) is 0 Å². The highest BCUT2D eigenvalue weighted by molar-refractivity contribution is 6.74. The van der Waals surface area contributed by atoms with Crippen LogP contribution < -0.4 is 0 Å². The minimum absolute atomic E-state index is 0.00465. The molecule has 2 atom stereocenters. The van der Waals surface area contributed by atoms with Crippen LogP contribution in [0.25, 0.3) is 0 Å². The maximum atomic E-state index is 12.9. The van der Waals surface area contributed by atoms with E-state index >= 15 is 0 Å². The molecule has 6 nitrogen and oxygen atoms in total. The fourth-order valence-corrected chi connectivity index (χ4v) is 5.39. The molecule has 7 heteroatoms. The van der Waals surface area contributed by atoms with E-state index in [-0.39, 0.29) is 11.6 Å². The number of hydrogen-bond donors (Lipinski definition) is 0. The highest BCUT2D eigenvalue weighted by Gasteiger charge is 2.47. The number of cyclic esters (lactones) is 1. The van der Waals surface area contributed by atoms with Gasteiger partial charge in [0, 0.05) is 0 Å². The van der Waals surface area contributed by atoms with Gasteiger partial charge < -0.3 is 13.9 Å². The molecule has 1 heterocycles. The molecule has 2 amide bonds. The maximum absolute atomic E-state index is 12.9. The van der Waals surface area contributed by atoms with Crippen LogP contribution >= 0.6 is 0 Å². The average molecular weight is 540 g/mol. The predicted molar refractivity (Wildman–Crippen MR) is 155 cm³/mol. The third-order valence-electron chi connectivity index (χ3n) is 7.41. The summed E-state index contributed by atoms with van der Waals surface area (Å²) >= 11 is 0. The molecule has 0 saturated carbocycles. The summed E-state index contributed by atoms with van der Waals surface area (Å²) in [6.07, 6.45) is 17.9. The summed E-state index contributed by atoms with van der Waals surface area (Å²) in [4.78, 5) is 26.5. The lowest BCUT2D eigenvalue weighted by Crippen LogP contribution is -2.52. The second-order valence-electron chi connectivity index (χ2n) is 13.1. The summed E-state index contributed by atoms with van der Waals surface area (Å²) in [5, 5.41) is -0.00465. The Hall–Kier alpha value is -1.34. The minimum Gasteiger partial charge on any atom is -0.447 e. The number of imide groups is 1. The lowest BCUT2D eigenvalue weighted by Gasteiger charge is -2.40. The molecule has 1 aliphatic heterocycles. The van der Waals surface area contributed by atoms with Crippen LogP contribution in [0.4, 0.5) is 9.59 Å². The van der Waals surface area contributed by atoms with Crippen molar-refractivity contribution in [3.05, 3.63) is 12.2 Å². The van der Waals surface area contributed by atoms with Gasteiger partial charge in [0.05, 0.1) is 6.10 Å². The van der Waals surface area contributed by atoms with Gasteiger partial charge in [-0.05, 0) is 51.7 Å². The van der Waals surface area contributed by atoms with Gasteiger partial charge in [-0.2, -0.15) is 0 Å². The molecule has 37 heavy (non-hydrogen) atoms. The van der Waals surface area contributed by atoms with E-state index in [1.807, 2.05) is 6.08 Å². The van der Waals surface area contributed by atoms with Gasteiger partial charge in [-0.3, -0.25) is 0 Å². The molecule has 0 aliphatic carbocycles. The second-order valence-corrected chi connectivity index (χ2v) is 17.8. The number of carbonyl (C=O) groups is 2. The number of ether oxygens (including phenoxy) is 2. The Labute approximate surface area is 229 Å². The number of carbonyl (C=O) groups excluding carboxylic acids is 2. The first-order valence-electron chi connectivity index (χ1n) is 14.7. The van der Waals surface area contributed by atoms with Crippen LogP contribution in [0.2, 0.25) is 18.1 Å². The number of hydrogen-bond acceptors (Lipinski definition) is 5. The molecule has 0 N–H and O–H groups in total. The molecule has 0 aromatic heterocycles. The smallest absolute Gasteiger partial charge is 0.420 e. The van der Waals surface area contributed by atoms with Crippen LogP contribution in [0.5, 0.6) is 0 Å². The SMILES string of the molecule is CCCCCCCCCCCCC/C=C/[C@@H](O[Si](C)(C)C(C)(C)C)[C@@H]1COC(=O)N1C(=O)OC(C)(C)C. The van der Waals surface area contributed by atoms with Crippen molar-refractivity contribution in [2.45, 2.75) is 161 Å². The summed E-state index contributed by atoms with van der Waals surface area (Å²) < 4.78 is 17.5. The Morgan fingerprint density at radius 3 is 1.97 bits per heavy atom. The zero-order chi connectivity index (χ0) is 28.1. The Bertz CT molecular complexity index is 708. The highest BCUT2D eigenvalue weighted by atomic mass is 28.4. The zero-order valence-electron chi connectivity index (χ0n) is 25.5. The van der Waals surface area contributed by atoms with Crippen LogP contribution in [0.1, 0.15) is 126 Å². The molecule has 1 saturated heterocycles. The van der Waals surface area contributed by atoms with Crippen LogP contribution in [0.3, 0.4) is 0 Å². The van der Waals surface area contributed by atoms with E-state index < -0.39 is 38.3 Å². The summed E-state index contributed by atoms with van der Waals surface area (Å²) in [7, 11) is -2.17. The van der Waals surface area contributed by atoms with Gasteiger partial charge in [0.1, 0.15) is 18.2 Å². The monoisotopic (exact) mass is 539 g/mol. The molecule has 0 spiro atoms. The third-order valence-corrected chi connectivity index (χ3v) is 11.9. The molecular formula is C30H57NO5Si. The van der Waals surface area contributed by atoms with Crippen molar-refractivity contribution in [3.8, 4) is 0 Å². The normalized spacial score (nSPS) is 17.9. The first-order valence-corrected chi connectivity index (χ1v) is 17.6. The average Bonchev–Trinajstić information content (AvgIpc) is 3.15. The molecule has 0 aromatic carbocycles. The van der Waals surface area contributed by atoms with Crippen molar-refractivity contribution in [1.29, 1.82) is 0 Å². The molecule has 1 aliphatic rings. The van der Waals surface area contributed by atoms with Crippen LogP contribution in [-0.4, -0.2) is 49.8 Å². The van der Waals surface area contributed by atoms with Gasteiger partial charge in [0.15, 0.2) is 8.32 Å². The third kappa shape index (κ3) is 12.8. The van der Waals surface area contributed by atoms with Crippen molar-refractivity contribution in [1.82, 2.24) is 4.90 Å². The largest absolute Gasteiger partial charge is 0.447 e. The van der Waals surface area contributed by atoms with Gasteiger partial charge in [0.25, 0.3) is 0 Å². The van der Waals surface area contributed by atoms with Gasteiger partial charge in [-0.25, -0.2) is 14.5 Å². The topological polar surface area (TPSA) is 65.1 Å². The highest BCUT2D eigenvalue weighted by Crippen LogP contribution is 2.38. The maximum Gasteiger partial charge on any atom is 0.420 e. The fraction of sp³-hybridized carbons (Fsp3) is 0.867. The van der Waals surface area contributed by atoms with Crippen LogP contribution in [-0.2, 0) is 13.9 Å². The van der Waals surface area contributed by atoms with Crippen molar-refractivity contribution in [2.24, 2.45) is 0 Å². The van der Waals surface area contributed by atoms with E-state index in [0.29, 0.717) is 0 Å². The summed E-state index contributed by atoms with van der Waals surface area (Å²) in [6, 6.07) is -0.537. The lowest BCUT2D eigenvalue weighted by atomic mass is 10.0. The number of unbranched alkanes of at least 4 members (excludes halogenated alkanes) is 11. The molecule has 216 valence electrons. The van der Waals surface area contributed by atoms with Gasteiger partial charge in [0.2, 0.25) is 0 Å². The molecule has 1 rings (SSSR count). The molecular weight excluding hydrogens is 482 g/mol. The number of rotatable bonds is 16. The van der Waals surface area contributed by atoms with Gasteiger partial charge in [-0.1, -0.05) is 104 Å². The van der Waals surface area contributed by atoms with E-state index in [0.717, 1.165) is 17.7 Å². The van der Waals surface area contributed by atoms with E-state index in [4.69, 9.17) is 13.9 Å². The standard InChI is InChI=1S/C30H57NO5Si/c1-10-11-12-13-14-15-16-17-18-19-20-21-22-23-26(36-37(8,9)30(5,6)7)25-24-34-27(32)31(25)28(33)35-29(2,3)4/h22-23,25-26H,10-21,24H2,1-9H3/b23-22+/t25-,26+/m0/s1. The first-order chi connectivity index (χ1) is 17.2. The molecule has 0 radical (unpaired) electrons. The summed E-state index contributed by atoms with van der Waals surface area (Å²) in [5.41, 5.74) is -0.703. The van der Waals surface area contributed by atoms with E-state index in [1.54, 1.807) is 20.8 Å². The van der Waals surface area contributed by atoms with Crippen molar-refractivity contribution in [2.75, 3.05) is 6.61 Å². The molecule has 0 aromatic rings. The zero-order valence-corrected chi connectivity index (χ0v) is 26.5.